The van der Waals surface area contributed by atoms with Crippen LogP contribution in [0.2, 0.25) is 0 Å². The summed E-state index contributed by atoms with van der Waals surface area (Å²) in [5, 5.41) is 10.5. The van der Waals surface area contributed by atoms with E-state index in [1.54, 1.807) is 13.8 Å². The number of methoxy groups -OCH3 is 1. The molecule has 1 heterocycles. The predicted octanol–water partition coefficient (Wildman–Crippen LogP) is 0.475. The van der Waals surface area contributed by atoms with Crippen molar-refractivity contribution in [1.29, 1.82) is 0 Å². The van der Waals surface area contributed by atoms with Crippen LogP contribution < -0.4 is 5.32 Å². The molecular formula is C13H22N4O4. The van der Waals surface area contributed by atoms with Crippen molar-refractivity contribution in [1.82, 2.24) is 20.3 Å². The first-order chi connectivity index (χ1) is 9.88. The molecule has 1 aromatic rings. The third kappa shape index (κ3) is 4.52. The van der Waals surface area contributed by atoms with Crippen molar-refractivity contribution in [2.45, 2.75) is 39.8 Å². The van der Waals surface area contributed by atoms with Crippen LogP contribution in [0.25, 0.3) is 0 Å². The van der Waals surface area contributed by atoms with Gasteiger partial charge in [0.1, 0.15) is 12.6 Å². The summed E-state index contributed by atoms with van der Waals surface area (Å²) in [5.41, 5.74) is 0.596. The van der Waals surface area contributed by atoms with Gasteiger partial charge in [-0.25, -0.2) is 9.48 Å². The fourth-order valence-corrected chi connectivity index (χ4v) is 1.70. The van der Waals surface area contributed by atoms with Gasteiger partial charge in [0.15, 0.2) is 5.69 Å². The smallest absolute Gasteiger partial charge is 0.360 e. The highest BCUT2D eigenvalue weighted by Gasteiger charge is 2.24. The molecule has 118 valence electrons. The normalized spacial score (nSPS) is 12.3. The highest BCUT2D eigenvalue weighted by atomic mass is 16.6. The second-order valence-electron chi connectivity index (χ2n) is 4.94. The second kappa shape index (κ2) is 7.72. The van der Waals surface area contributed by atoms with Crippen LogP contribution in [-0.4, -0.2) is 53.2 Å². The average molecular weight is 298 g/mol. The van der Waals surface area contributed by atoms with Crippen LogP contribution in [0.5, 0.6) is 0 Å². The fourth-order valence-electron chi connectivity index (χ4n) is 1.70. The number of nitrogens with zero attached hydrogens (tertiary/aromatic N) is 3. The van der Waals surface area contributed by atoms with Gasteiger partial charge in [0.05, 0.1) is 12.3 Å². The van der Waals surface area contributed by atoms with Gasteiger partial charge in [0, 0.05) is 13.2 Å². The number of carbonyl (C=O) groups is 2. The highest BCUT2D eigenvalue weighted by molar-refractivity contribution is 5.88. The number of hydrogen-bond acceptors (Lipinski definition) is 6. The van der Waals surface area contributed by atoms with E-state index in [0.717, 1.165) is 0 Å². The molecule has 0 bridgehead atoms. The molecule has 1 unspecified atom stereocenters. The molecule has 8 heteroatoms. The maximum absolute atomic E-state index is 12.0. The molecule has 0 saturated heterocycles. The first-order valence-corrected chi connectivity index (χ1v) is 6.76. The van der Waals surface area contributed by atoms with E-state index in [2.05, 4.69) is 15.6 Å². The van der Waals surface area contributed by atoms with Gasteiger partial charge >= 0.3 is 5.97 Å². The molecule has 1 amide bonds. The van der Waals surface area contributed by atoms with Crippen LogP contribution in [0, 0.1) is 6.92 Å². The van der Waals surface area contributed by atoms with Crippen LogP contribution >= 0.6 is 0 Å². The number of nitrogens with one attached hydrogen (secondary N) is 1. The van der Waals surface area contributed by atoms with Gasteiger partial charge in [0.25, 0.3) is 0 Å². The first-order valence-electron chi connectivity index (χ1n) is 6.76. The van der Waals surface area contributed by atoms with E-state index < -0.39 is 12.0 Å². The standard InChI is InChI=1S/C13H22N4O4/c1-8(2)14-12(18)10(4)17-9(3)11(15-16-17)13(19)21-7-6-20-5/h8,10H,6-7H2,1-5H3,(H,14,18). The van der Waals surface area contributed by atoms with Gasteiger partial charge in [0.2, 0.25) is 5.91 Å². The van der Waals surface area contributed by atoms with Gasteiger partial charge in [-0.05, 0) is 27.7 Å². The zero-order valence-electron chi connectivity index (χ0n) is 13.0. The summed E-state index contributed by atoms with van der Waals surface area (Å²) >= 11 is 0. The number of aromatic nitrogens is 3. The molecule has 0 radical (unpaired) electrons. The van der Waals surface area contributed by atoms with Crippen LogP contribution in [0.3, 0.4) is 0 Å². The first kappa shape index (κ1) is 17.1. The van der Waals surface area contributed by atoms with Crippen LogP contribution in [-0.2, 0) is 14.3 Å². The Labute approximate surface area is 123 Å². The molecule has 0 aliphatic carbocycles. The fraction of sp³-hybridized carbons (Fsp3) is 0.692. The maximum Gasteiger partial charge on any atom is 0.360 e. The van der Waals surface area contributed by atoms with Crippen molar-refractivity contribution in [3.8, 4) is 0 Å². The highest BCUT2D eigenvalue weighted by Crippen LogP contribution is 2.12. The quantitative estimate of drug-likeness (QED) is 0.581. The van der Waals surface area contributed by atoms with E-state index >= 15 is 0 Å². The SMILES string of the molecule is COCCOC(=O)c1nnn(C(C)C(=O)NC(C)C)c1C. The Bertz CT molecular complexity index is 498. The number of ether oxygens (including phenoxy) is 2. The Hall–Kier alpha value is -1.96. The summed E-state index contributed by atoms with van der Waals surface area (Å²) in [6.07, 6.45) is 0. The van der Waals surface area contributed by atoms with Gasteiger partial charge in [-0.15, -0.1) is 5.10 Å². The van der Waals surface area contributed by atoms with Crippen molar-refractivity contribution in [3.63, 3.8) is 0 Å². The Kier molecular flexibility index (Phi) is 6.29. The van der Waals surface area contributed by atoms with E-state index in [9.17, 15) is 9.59 Å². The summed E-state index contributed by atoms with van der Waals surface area (Å²) in [6.45, 7) is 7.57. The monoisotopic (exact) mass is 298 g/mol. The Morgan fingerprint density at radius 3 is 2.52 bits per heavy atom. The minimum Gasteiger partial charge on any atom is -0.458 e. The topological polar surface area (TPSA) is 95.3 Å². The van der Waals surface area contributed by atoms with Crippen LogP contribution in [0.4, 0.5) is 0 Å². The molecule has 21 heavy (non-hydrogen) atoms. The van der Waals surface area contributed by atoms with Crippen molar-refractivity contribution in [2.24, 2.45) is 0 Å². The lowest BCUT2D eigenvalue weighted by molar-refractivity contribution is -0.124. The van der Waals surface area contributed by atoms with Crippen molar-refractivity contribution in [3.05, 3.63) is 11.4 Å². The number of esters is 1. The summed E-state index contributed by atoms with van der Waals surface area (Å²) in [4.78, 5) is 23.8. The van der Waals surface area contributed by atoms with Crippen molar-refractivity contribution in [2.75, 3.05) is 20.3 Å². The molecule has 0 aliphatic heterocycles. The Balaban J connectivity index is 2.79. The predicted molar refractivity (Wildman–Crippen MR) is 74.9 cm³/mol. The number of hydrogen-bond donors (Lipinski definition) is 1. The summed E-state index contributed by atoms with van der Waals surface area (Å²) in [7, 11) is 1.52. The minimum atomic E-state index is -0.577. The van der Waals surface area contributed by atoms with Gasteiger partial charge in [-0.1, -0.05) is 5.21 Å². The summed E-state index contributed by atoms with van der Waals surface area (Å²) in [6, 6.07) is -0.525. The molecule has 1 rings (SSSR count). The lowest BCUT2D eigenvalue weighted by atomic mass is 10.2. The Morgan fingerprint density at radius 2 is 1.95 bits per heavy atom. The number of rotatable bonds is 7. The largest absolute Gasteiger partial charge is 0.458 e. The van der Waals surface area contributed by atoms with Crippen molar-refractivity contribution >= 4 is 11.9 Å². The molecule has 0 aliphatic rings. The molecule has 0 spiro atoms. The molecule has 1 atom stereocenters. The molecule has 1 N–H and O–H groups in total. The van der Waals surface area contributed by atoms with E-state index in [0.29, 0.717) is 12.3 Å². The Morgan fingerprint density at radius 1 is 1.29 bits per heavy atom. The summed E-state index contributed by atoms with van der Waals surface area (Å²) < 4.78 is 11.2. The van der Waals surface area contributed by atoms with Gasteiger partial charge in [-0.2, -0.15) is 0 Å². The average Bonchev–Trinajstić information content (AvgIpc) is 2.79. The lowest BCUT2D eigenvalue weighted by Gasteiger charge is -2.15. The minimum absolute atomic E-state index is 0.0299. The molecule has 8 nitrogen and oxygen atoms in total. The maximum atomic E-state index is 12.0. The number of carbonyl (C=O) groups excluding carboxylic acids is 2. The third-order valence-corrected chi connectivity index (χ3v) is 2.82. The second-order valence-corrected chi connectivity index (χ2v) is 4.94. The van der Waals surface area contributed by atoms with E-state index in [1.807, 2.05) is 13.8 Å². The molecule has 0 fully saturated rings. The van der Waals surface area contributed by atoms with Gasteiger partial charge < -0.3 is 14.8 Å². The zero-order chi connectivity index (χ0) is 16.0. The van der Waals surface area contributed by atoms with E-state index in [4.69, 9.17) is 9.47 Å². The van der Waals surface area contributed by atoms with Gasteiger partial charge in [-0.3, -0.25) is 4.79 Å². The van der Waals surface area contributed by atoms with E-state index in [-0.39, 0.29) is 24.2 Å². The number of amides is 1. The molecule has 1 aromatic heterocycles. The molecule has 0 aromatic carbocycles. The molecular weight excluding hydrogens is 276 g/mol. The zero-order valence-corrected chi connectivity index (χ0v) is 13.0. The van der Waals surface area contributed by atoms with E-state index in [1.165, 1.54) is 11.8 Å². The van der Waals surface area contributed by atoms with Crippen molar-refractivity contribution < 1.29 is 19.1 Å². The molecule has 0 saturated carbocycles. The van der Waals surface area contributed by atoms with Crippen LogP contribution in [0.1, 0.15) is 43.0 Å². The third-order valence-electron chi connectivity index (χ3n) is 2.82. The summed E-state index contributed by atoms with van der Waals surface area (Å²) in [5.74, 6) is -0.760. The lowest BCUT2D eigenvalue weighted by Crippen LogP contribution is -2.36. The van der Waals surface area contributed by atoms with Crippen LogP contribution in [0.15, 0.2) is 0 Å².